The van der Waals surface area contributed by atoms with Gasteiger partial charge in [-0.1, -0.05) is 94.4 Å². The fourth-order valence-corrected chi connectivity index (χ4v) is 9.32. The van der Waals surface area contributed by atoms with E-state index in [1.807, 2.05) is 18.2 Å². The van der Waals surface area contributed by atoms with E-state index in [9.17, 15) is 9.59 Å². The van der Waals surface area contributed by atoms with Gasteiger partial charge in [-0.15, -0.1) is 0 Å². The molecule has 3 heteroatoms. The third-order valence-corrected chi connectivity index (χ3v) is 11.3. The zero-order valence-electron chi connectivity index (χ0n) is 26.6. The van der Waals surface area contributed by atoms with Gasteiger partial charge in [-0.2, -0.15) is 0 Å². The molecule has 47 heavy (non-hydrogen) atoms. The minimum atomic E-state index is -0.243. The molecule has 0 aliphatic heterocycles. The SMILES string of the molecule is CC(C)c1cccc(C(C)C)c1-n1c(=O)c2ccc3c4cc5ccc6ccc7ccc8cc(c9ccc(c1=O)c2c39)c4c1c5c6c7c81. The molecule has 11 rings (SSSR count). The molecule has 10 aromatic carbocycles. The van der Waals surface area contributed by atoms with Crippen molar-refractivity contribution in [3.8, 4) is 5.69 Å². The van der Waals surface area contributed by atoms with Crippen LogP contribution < -0.4 is 11.1 Å². The summed E-state index contributed by atoms with van der Waals surface area (Å²) in [4.78, 5) is 29.3. The summed E-state index contributed by atoms with van der Waals surface area (Å²) in [6.07, 6.45) is 0. The zero-order valence-corrected chi connectivity index (χ0v) is 26.6. The first-order chi connectivity index (χ1) is 22.8. The highest BCUT2D eigenvalue weighted by atomic mass is 16.2. The summed E-state index contributed by atoms with van der Waals surface area (Å²) < 4.78 is 1.47. The summed E-state index contributed by atoms with van der Waals surface area (Å²) >= 11 is 0. The summed E-state index contributed by atoms with van der Waals surface area (Å²) in [5, 5.41) is 20.6. The summed E-state index contributed by atoms with van der Waals surface area (Å²) in [5.41, 5.74) is 2.29. The van der Waals surface area contributed by atoms with Crippen LogP contribution in [0.15, 0.2) is 101 Å². The molecule has 0 amide bonds. The number of benzene rings is 9. The molecule has 0 saturated carbocycles. The average Bonchev–Trinajstić information content (AvgIpc) is 3.45. The molecule has 0 bridgehead atoms. The van der Waals surface area contributed by atoms with Crippen LogP contribution >= 0.6 is 0 Å². The van der Waals surface area contributed by atoms with Gasteiger partial charge in [0.05, 0.1) is 5.69 Å². The monoisotopic (exact) mass is 603 g/mol. The van der Waals surface area contributed by atoms with Crippen molar-refractivity contribution in [1.82, 2.24) is 4.57 Å². The molecule has 0 unspecified atom stereocenters. The van der Waals surface area contributed by atoms with Crippen molar-refractivity contribution in [2.24, 2.45) is 0 Å². The van der Waals surface area contributed by atoms with E-state index in [0.717, 1.165) is 38.4 Å². The predicted octanol–water partition coefficient (Wildman–Crippen LogP) is 11.0. The van der Waals surface area contributed by atoms with Gasteiger partial charge in [-0.05, 0) is 128 Å². The van der Waals surface area contributed by atoms with Gasteiger partial charge < -0.3 is 0 Å². The highest BCUT2D eigenvalue weighted by Gasteiger charge is 2.27. The van der Waals surface area contributed by atoms with Crippen LogP contribution in [0, 0.1) is 0 Å². The normalized spacial score (nSPS) is 13.2. The molecule has 222 valence electrons. The number of pyridine rings is 1. The maximum atomic E-state index is 14.7. The number of nitrogens with zero attached hydrogens (tertiary/aromatic N) is 1. The lowest BCUT2D eigenvalue weighted by Gasteiger charge is -2.22. The van der Waals surface area contributed by atoms with Gasteiger partial charge in [0, 0.05) is 16.2 Å². The lowest BCUT2D eigenvalue weighted by molar-refractivity contribution is 0.793. The number of rotatable bonds is 3. The first-order valence-corrected chi connectivity index (χ1v) is 16.7. The maximum absolute atomic E-state index is 14.7. The van der Waals surface area contributed by atoms with Crippen LogP contribution in [0.4, 0.5) is 0 Å². The third kappa shape index (κ3) is 2.83. The summed E-state index contributed by atoms with van der Waals surface area (Å²) in [6, 6.07) is 32.6. The molecular formula is C44H29NO2. The Bertz CT molecular complexity index is 3020. The largest absolute Gasteiger partial charge is 0.268 e. The van der Waals surface area contributed by atoms with Crippen LogP contribution in [0.25, 0.3) is 103 Å². The van der Waals surface area contributed by atoms with Crippen molar-refractivity contribution < 1.29 is 0 Å². The Kier molecular flexibility index (Phi) is 4.49. The molecule has 0 aliphatic rings. The van der Waals surface area contributed by atoms with E-state index in [-0.39, 0.29) is 23.0 Å². The van der Waals surface area contributed by atoms with Gasteiger partial charge in [0.2, 0.25) is 0 Å². The average molecular weight is 604 g/mol. The maximum Gasteiger partial charge on any atom is 0.266 e. The fraction of sp³-hybridized carbons (Fsp3) is 0.136. The van der Waals surface area contributed by atoms with E-state index in [1.165, 1.54) is 69.2 Å². The fourth-order valence-electron chi connectivity index (χ4n) is 9.32. The number of fused-ring (bicyclic) bond motifs is 2. The van der Waals surface area contributed by atoms with E-state index in [1.54, 1.807) is 0 Å². The van der Waals surface area contributed by atoms with Gasteiger partial charge in [0.25, 0.3) is 11.1 Å². The minimum Gasteiger partial charge on any atom is -0.268 e. The minimum absolute atomic E-state index is 0.152. The van der Waals surface area contributed by atoms with Gasteiger partial charge in [-0.3, -0.25) is 9.59 Å². The number of hydrogen-bond acceptors (Lipinski definition) is 2. The molecule has 0 aliphatic carbocycles. The van der Waals surface area contributed by atoms with Crippen molar-refractivity contribution in [1.29, 1.82) is 0 Å². The van der Waals surface area contributed by atoms with Crippen LogP contribution in [0.1, 0.15) is 50.7 Å². The molecule has 3 nitrogen and oxygen atoms in total. The van der Waals surface area contributed by atoms with E-state index >= 15 is 0 Å². The molecule has 0 spiro atoms. The van der Waals surface area contributed by atoms with Crippen LogP contribution in [0.3, 0.4) is 0 Å². The Labute approximate surface area is 268 Å². The van der Waals surface area contributed by atoms with E-state index in [4.69, 9.17) is 0 Å². The van der Waals surface area contributed by atoms with E-state index in [2.05, 4.69) is 100 Å². The van der Waals surface area contributed by atoms with Crippen molar-refractivity contribution >= 4 is 97.0 Å². The molecular weight excluding hydrogens is 574 g/mol. The number of aromatic nitrogens is 1. The lowest BCUT2D eigenvalue weighted by atomic mass is 9.85. The zero-order chi connectivity index (χ0) is 31.6. The smallest absolute Gasteiger partial charge is 0.266 e. The number of hydrogen-bond donors (Lipinski definition) is 0. The lowest BCUT2D eigenvalue weighted by Crippen LogP contribution is -2.33. The third-order valence-electron chi connectivity index (χ3n) is 11.3. The Balaban J connectivity index is 1.37. The molecule has 1 heterocycles. The molecule has 0 atom stereocenters. The second-order valence-electron chi connectivity index (χ2n) is 14.3. The van der Waals surface area contributed by atoms with Gasteiger partial charge in [0.15, 0.2) is 0 Å². The highest BCUT2D eigenvalue weighted by molar-refractivity contribution is 6.51. The van der Waals surface area contributed by atoms with Crippen LogP contribution in [0.5, 0.6) is 0 Å². The van der Waals surface area contributed by atoms with Crippen molar-refractivity contribution in [2.45, 2.75) is 39.5 Å². The summed E-state index contributed by atoms with van der Waals surface area (Å²) in [7, 11) is 0. The molecule has 0 saturated heterocycles. The number of para-hydroxylation sites is 1. The van der Waals surface area contributed by atoms with E-state index in [0.29, 0.717) is 10.8 Å². The van der Waals surface area contributed by atoms with E-state index < -0.39 is 0 Å². The van der Waals surface area contributed by atoms with Crippen molar-refractivity contribution in [3.63, 3.8) is 0 Å². The molecule has 11 aromatic rings. The molecule has 0 fully saturated rings. The quantitative estimate of drug-likeness (QED) is 0.149. The second kappa shape index (κ2) is 8.24. The predicted molar refractivity (Wildman–Crippen MR) is 200 cm³/mol. The molecule has 1 aromatic heterocycles. The molecule has 0 radical (unpaired) electrons. The first-order valence-electron chi connectivity index (χ1n) is 16.7. The Morgan fingerprint density at radius 2 is 0.787 bits per heavy atom. The first kappa shape index (κ1) is 25.6. The Morgan fingerprint density at radius 1 is 0.404 bits per heavy atom. The summed E-state index contributed by atoms with van der Waals surface area (Å²) in [5.74, 6) is 0.304. The highest BCUT2D eigenvalue weighted by Crippen LogP contribution is 2.53. The van der Waals surface area contributed by atoms with Crippen LogP contribution in [-0.4, -0.2) is 4.57 Å². The standard InChI is InChI=1S/C44H29NO2/c1-20(2)26-6-5-7-27(21(3)4)42(26)45-43(46)30-16-14-28-32-18-24-12-10-22-8-9-23-11-13-25-19-33(29-15-17-31(44(45)47)39(30)38(28)29)40(32)41-36(24)34(22)35(23)37(25)41/h5-21H,1-4H3. The van der Waals surface area contributed by atoms with Crippen molar-refractivity contribution in [3.05, 3.63) is 123 Å². The Hall–Kier alpha value is -5.54. The van der Waals surface area contributed by atoms with Crippen molar-refractivity contribution in [2.75, 3.05) is 0 Å². The van der Waals surface area contributed by atoms with Gasteiger partial charge >= 0.3 is 0 Å². The van der Waals surface area contributed by atoms with Crippen LogP contribution in [-0.2, 0) is 0 Å². The van der Waals surface area contributed by atoms with Gasteiger partial charge in [0.1, 0.15) is 0 Å². The topological polar surface area (TPSA) is 39.1 Å². The van der Waals surface area contributed by atoms with Crippen LogP contribution in [0.2, 0.25) is 0 Å². The molecule has 0 N–H and O–H groups in total. The second-order valence-corrected chi connectivity index (χ2v) is 14.3. The summed E-state index contributed by atoms with van der Waals surface area (Å²) in [6.45, 7) is 8.49. The Morgan fingerprint density at radius 3 is 1.26 bits per heavy atom. The van der Waals surface area contributed by atoms with Gasteiger partial charge in [-0.25, -0.2) is 4.57 Å².